The highest BCUT2D eigenvalue weighted by Gasteiger charge is 2.15. The van der Waals surface area contributed by atoms with Gasteiger partial charge in [-0.2, -0.15) is 8.78 Å². The topological polar surface area (TPSA) is 76.0 Å². The highest BCUT2D eigenvalue weighted by molar-refractivity contribution is 5.66. The van der Waals surface area contributed by atoms with E-state index in [9.17, 15) is 18.7 Å². The van der Waals surface area contributed by atoms with E-state index >= 15 is 0 Å². The predicted molar refractivity (Wildman–Crippen MR) is 66.1 cm³/mol. The largest absolute Gasteiger partial charge is 0.490 e. The molecular formula is C13H16F2O5. The van der Waals surface area contributed by atoms with Gasteiger partial charge in [0.25, 0.3) is 0 Å². The van der Waals surface area contributed by atoms with Crippen molar-refractivity contribution in [3.63, 3.8) is 0 Å². The molecule has 0 radical (unpaired) electrons. The second kappa shape index (κ2) is 7.64. The van der Waals surface area contributed by atoms with Gasteiger partial charge in [-0.25, -0.2) is 0 Å². The van der Waals surface area contributed by atoms with Crippen LogP contribution in [0.2, 0.25) is 0 Å². The molecule has 1 aromatic rings. The van der Waals surface area contributed by atoms with Gasteiger partial charge in [0.15, 0.2) is 11.5 Å². The van der Waals surface area contributed by atoms with Gasteiger partial charge < -0.3 is 19.7 Å². The number of alkyl halides is 2. The number of rotatable bonds is 8. The third kappa shape index (κ3) is 5.00. The number of carboxylic acids is 1. The first-order valence-electron chi connectivity index (χ1n) is 6.05. The zero-order valence-electron chi connectivity index (χ0n) is 10.9. The fourth-order valence-electron chi connectivity index (χ4n) is 1.62. The van der Waals surface area contributed by atoms with Crippen molar-refractivity contribution in [2.45, 2.75) is 32.5 Å². The van der Waals surface area contributed by atoms with E-state index in [1.54, 1.807) is 6.92 Å². The van der Waals surface area contributed by atoms with Crippen molar-refractivity contribution in [3.8, 4) is 11.5 Å². The van der Waals surface area contributed by atoms with Crippen LogP contribution in [0.1, 0.15) is 31.4 Å². The molecule has 1 atom stereocenters. The summed E-state index contributed by atoms with van der Waals surface area (Å²) < 4.78 is 33.9. The van der Waals surface area contributed by atoms with Crippen LogP contribution in [0.5, 0.6) is 11.5 Å². The second-order valence-corrected chi connectivity index (χ2v) is 3.97. The van der Waals surface area contributed by atoms with Gasteiger partial charge in [0.05, 0.1) is 12.7 Å². The molecule has 0 saturated carbocycles. The summed E-state index contributed by atoms with van der Waals surface area (Å²) in [4.78, 5) is 10.4. The third-order valence-corrected chi connectivity index (χ3v) is 2.50. The van der Waals surface area contributed by atoms with Gasteiger partial charge in [0.1, 0.15) is 0 Å². The fraction of sp³-hybridized carbons (Fsp3) is 0.462. The van der Waals surface area contributed by atoms with Crippen LogP contribution in [0.4, 0.5) is 8.78 Å². The van der Waals surface area contributed by atoms with E-state index in [0.29, 0.717) is 5.56 Å². The lowest BCUT2D eigenvalue weighted by molar-refractivity contribution is -0.137. The van der Waals surface area contributed by atoms with Crippen molar-refractivity contribution in [1.29, 1.82) is 0 Å². The Morgan fingerprint density at radius 1 is 1.35 bits per heavy atom. The van der Waals surface area contributed by atoms with E-state index in [2.05, 4.69) is 4.74 Å². The van der Waals surface area contributed by atoms with Crippen LogP contribution in [0.25, 0.3) is 0 Å². The SMILES string of the molecule is CCOc1cc(C(O)CCC(=O)O)ccc1OC(F)F. The predicted octanol–water partition coefficient (Wildman–Crippen LogP) is 2.58. The molecule has 1 unspecified atom stereocenters. The van der Waals surface area contributed by atoms with Gasteiger partial charge >= 0.3 is 12.6 Å². The van der Waals surface area contributed by atoms with Gasteiger partial charge in [0.2, 0.25) is 0 Å². The molecule has 0 heterocycles. The summed E-state index contributed by atoms with van der Waals surface area (Å²) in [7, 11) is 0. The van der Waals surface area contributed by atoms with Crippen LogP contribution in [0.3, 0.4) is 0 Å². The van der Waals surface area contributed by atoms with Gasteiger partial charge in [-0.3, -0.25) is 4.79 Å². The van der Waals surface area contributed by atoms with Crippen LogP contribution in [0.15, 0.2) is 18.2 Å². The van der Waals surface area contributed by atoms with Crippen LogP contribution in [-0.4, -0.2) is 29.4 Å². The lowest BCUT2D eigenvalue weighted by atomic mass is 10.0. The molecule has 1 rings (SSSR count). The lowest BCUT2D eigenvalue weighted by Crippen LogP contribution is -2.06. The molecule has 0 amide bonds. The Morgan fingerprint density at radius 2 is 2.05 bits per heavy atom. The Labute approximate surface area is 114 Å². The second-order valence-electron chi connectivity index (χ2n) is 3.97. The zero-order chi connectivity index (χ0) is 15.1. The van der Waals surface area contributed by atoms with E-state index in [1.165, 1.54) is 18.2 Å². The lowest BCUT2D eigenvalue weighted by Gasteiger charge is -2.15. The molecule has 0 bridgehead atoms. The van der Waals surface area contributed by atoms with Crippen molar-refractivity contribution in [1.82, 2.24) is 0 Å². The van der Waals surface area contributed by atoms with Gasteiger partial charge in [0, 0.05) is 6.42 Å². The minimum atomic E-state index is -2.98. The number of aliphatic hydroxyl groups excluding tert-OH is 1. The molecule has 2 N–H and O–H groups in total. The molecule has 0 aliphatic heterocycles. The van der Waals surface area contributed by atoms with E-state index < -0.39 is 18.7 Å². The van der Waals surface area contributed by atoms with Gasteiger partial charge in [-0.1, -0.05) is 6.07 Å². The Bertz CT molecular complexity index is 450. The smallest absolute Gasteiger partial charge is 0.387 e. The fourth-order valence-corrected chi connectivity index (χ4v) is 1.62. The molecule has 1 aromatic carbocycles. The standard InChI is InChI=1S/C13H16F2O5/c1-2-19-11-7-8(9(16)4-6-12(17)18)3-5-10(11)20-13(14)15/h3,5,7,9,13,16H,2,4,6H2,1H3,(H,17,18). The average Bonchev–Trinajstić information content (AvgIpc) is 2.37. The van der Waals surface area contributed by atoms with Crippen molar-refractivity contribution in [2.75, 3.05) is 6.61 Å². The van der Waals surface area contributed by atoms with Crippen molar-refractivity contribution in [2.24, 2.45) is 0 Å². The summed E-state index contributed by atoms with van der Waals surface area (Å²) in [5, 5.41) is 18.4. The number of aliphatic hydroxyl groups is 1. The Balaban J connectivity index is 2.88. The highest BCUT2D eigenvalue weighted by Crippen LogP contribution is 2.32. The summed E-state index contributed by atoms with van der Waals surface area (Å²) in [5.41, 5.74) is 0.385. The summed E-state index contributed by atoms with van der Waals surface area (Å²) in [5.74, 6) is -1.07. The molecule has 7 heteroatoms. The number of hydrogen-bond donors (Lipinski definition) is 2. The van der Waals surface area contributed by atoms with Crippen molar-refractivity contribution >= 4 is 5.97 Å². The minimum Gasteiger partial charge on any atom is -0.490 e. The van der Waals surface area contributed by atoms with Crippen LogP contribution in [0, 0.1) is 0 Å². The van der Waals surface area contributed by atoms with Crippen molar-refractivity contribution < 1.29 is 33.3 Å². The molecule has 5 nitrogen and oxygen atoms in total. The zero-order valence-corrected chi connectivity index (χ0v) is 10.9. The third-order valence-electron chi connectivity index (χ3n) is 2.50. The molecule has 0 saturated heterocycles. The molecule has 112 valence electrons. The quantitative estimate of drug-likeness (QED) is 0.769. The Kier molecular flexibility index (Phi) is 6.17. The molecule has 20 heavy (non-hydrogen) atoms. The number of benzene rings is 1. The number of carbonyl (C=O) groups is 1. The van der Waals surface area contributed by atoms with Gasteiger partial charge in [-0.15, -0.1) is 0 Å². The first kappa shape index (κ1) is 16.2. The number of halogens is 2. The molecule has 0 fully saturated rings. The first-order valence-corrected chi connectivity index (χ1v) is 6.05. The molecule has 0 spiro atoms. The molecule has 0 aliphatic carbocycles. The Hall–Kier alpha value is -1.89. The summed E-state index contributed by atoms with van der Waals surface area (Å²) in [6.45, 7) is -1.05. The van der Waals surface area contributed by atoms with E-state index in [1.807, 2.05) is 0 Å². The van der Waals surface area contributed by atoms with Crippen LogP contribution >= 0.6 is 0 Å². The first-order chi connectivity index (χ1) is 9.43. The van der Waals surface area contributed by atoms with Crippen LogP contribution < -0.4 is 9.47 Å². The van der Waals surface area contributed by atoms with Gasteiger partial charge in [-0.05, 0) is 31.0 Å². The number of carboxylic acid groups (broad SMARTS) is 1. The molecule has 0 aliphatic rings. The van der Waals surface area contributed by atoms with E-state index in [4.69, 9.17) is 9.84 Å². The Morgan fingerprint density at radius 3 is 2.60 bits per heavy atom. The monoisotopic (exact) mass is 290 g/mol. The summed E-state index contributed by atoms with van der Waals surface area (Å²) >= 11 is 0. The molecular weight excluding hydrogens is 274 g/mol. The average molecular weight is 290 g/mol. The maximum Gasteiger partial charge on any atom is 0.387 e. The normalized spacial score (nSPS) is 12.2. The summed E-state index contributed by atoms with van der Waals surface area (Å²) in [6.07, 6.45) is -1.18. The van der Waals surface area contributed by atoms with Crippen LogP contribution in [-0.2, 0) is 4.79 Å². The van der Waals surface area contributed by atoms with Crippen molar-refractivity contribution in [3.05, 3.63) is 23.8 Å². The number of ether oxygens (including phenoxy) is 2. The van der Waals surface area contributed by atoms with E-state index in [-0.39, 0.29) is 30.9 Å². The molecule has 0 aromatic heterocycles. The van der Waals surface area contributed by atoms with E-state index in [0.717, 1.165) is 0 Å². The number of hydrogen-bond acceptors (Lipinski definition) is 4. The highest BCUT2D eigenvalue weighted by atomic mass is 19.3. The minimum absolute atomic E-state index is 0.0238. The maximum atomic E-state index is 12.2. The summed E-state index contributed by atoms with van der Waals surface area (Å²) in [6, 6.07) is 4.02. The maximum absolute atomic E-state index is 12.2. The number of aliphatic carboxylic acids is 1.